The van der Waals surface area contributed by atoms with E-state index in [-0.39, 0.29) is 0 Å². The molecule has 0 spiro atoms. The highest BCUT2D eigenvalue weighted by molar-refractivity contribution is 9.10. The van der Waals surface area contributed by atoms with Crippen LogP contribution in [0, 0.1) is 11.3 Å². The number of nitrogens with zero attached hydrogens (tertiary/aromatic N) is 1. The monoisotopic (exact) mass is 282 g/mol. The Bertz CT molecular complexity index is 571. The number of benzene rings is 1. The number of halogens is 1. The van der Waals surface area contributed by atoms with Crippen LogP contribution in [-0.4, -0.2) is 7.11 Å². The van der Waals surface area contributed by atoms with Gasteiger partial charge in [0.1, 0.15) is 16.8 Å². The topological polar surface area (TPSA) is 59.0 Å². The second-order valence-electron chi connectivity index (χ2n) is 2.91. The van der Waals surface area contributed by atoms with Gasteiger partial charge in [0, 0.05) is 9.86 Å². The van der Waals surface area contributed by atoms with Gasteiger partial charge in [-0.2, -0.15) is 5.26 Å². The molecule has 3 nitrogen and oxygen atoms in total. The maximum Gasteiger partial charge on any atom is 0.136 e. The van der Waals surface area contributed by atoms with Gasteiger partial charge >= 0.3 is 0 Å². The fraction of sp³-hybridized carbons (Fsp3) is 0.100. The van der Waals surface area contributed by atoms with Crippen LogP contribution in [-0.2, 0) is 0 Å². The molecule has 0 bridgehead atoms. The molecule has 0 atom stereocenters. The van der Waals surface area contributed by atoms with Gasteiger partial charge in [-0.3, -0.25) is 0 Å². The molecule has 0 saturated heterocycles. The van der Waals surface area contributed by atoms with Crippen molar-refractivity contribution in [2.24, 2.45) is 0 Å². The van der Waals surface area contributed by atoms with Crippen molar-refractivity contribution in [3.05, 3.63) is 22.2 Å². The minimum absolute atomic E-state index is 0.515. The molecule has 0 radical (unpaired) electrons. The molecule has 0 fully saturated rings. The van der Waals surface area contributed by atoms with Crippen LogP contribution < -0.4 is 10.5 Å². The quantitative estimate of drug-likeness (QED) is 0.874. The van der Waals surface area contributed by atoms with Gasteiger partial charge in [0.2, 0.25) is 0 Å². The number of ether oxygens (including phenoxy) is 1. The Labute approximate surface area is 99.2 Å². The SMILES string of the molecule is COc1ccc(Br)c2c(C#N)c(N)sc12. The van der Waals surface area contributed by atoms with E-state index in [1.807, 2.05) is 12.1 Å². The largest absolute Gasteiger partial charge is 0.495 e. The molecule has 0 aliphatic heterocycles. The van der Waals surface area contributed by atoms with Crippen LogP contribution in [0.25, 0.3) is 10.1 Å². The summed E-state index contributed by atoms with van der Waals surface area (Å²) in [5, 5.41) is 10.4. The zero-order valence-electron chi connectivity index (χ0n) is 7.87. The maximum atomic E-state index is 9.01. The van der Waals surface area contributed by atoms with E-state index in [4.69, 9.17) is 15.7 Å². The van der Waals surface area contributed by atoms with Crippen LogP contribution in [0.5, 0.6) is 5.75 Å². The van der Waals surface area contributed by atoms with Crippen molar-refractivity contribution in [1.29, 1.82) is 5.26 Å². The summed E-state index contributed by atoms with van der Waals surface area (Å²) >= 11 is 4.78. The Morgan fingerprint density at radius 1 is 1.53 bits per heavy atom. The molecule has 0 aliphatic rings. The average Bonchev–Trinajstić information content (AvgIpc) is 2.56. The number of thiophene rings is 1. The van der Waals surface area contributed by atoms with Crippen molar-refractivity contribution >= 4 is 42.4 Å². The summed E-state index contributed by atoms with van der Waals surface area (Å²) in [7, 11) is 1.60. The lowest BCUT2D eigenvalue weighted by molar-refractivity contribution is 0.420. The molecule has 2 N–H and O–H groups in total. The first-order valence-electron chi connectivity index (χ1n) is 4.13. The summed E-state index contributed by atoms with van der Waals surface area (Å²) in [6.07, 6.45) is 0. The van der Waals surface area contributed by atoms with E-state index >= 15 is 0 Å². The lowest BCUT2D eigenvalue weighted by Crippen LogP contribution is -1.84. The first-order valence-corrected chi connectivity index (χ1v) is 5.74. The Morgan fingerprint density at radius 3 is 2.87 bits per heavy atom. The number of rotatable bonds is 1. The van der Waals surface area contributed by atoms with E-state index in [1.54, 1.807) is 7.11 Å². The third-order valence-electron chi connectivity index (χ3n) is 2.11. The van der Waals surface area contributed by atoms with Crippen LogP contribution in [0.15, 0.2) is 16.6 Å². The van der Waals surface area contributed by atoms with E-state index in [2.05, 4.69) is 22.0 Å². The summed E-state index contributed by atoms with van der Waals surface area (Å²) in [5.41, 5.74) is 6.29. The van der Waals surface area contributed by atoms with Crippen molar-refractivity contribution in [3.8, 4) is 11.8 Å². The molecular weight excluding hydrogens is 276 g/mol. The van der Waals surface area contributed by atoms with Crippen molar-refractivity contribution in [2.45, 2.75) is 0 Å². The number of nitriles is 1. The molecule has 2 rings (SSSR count). The first-order chi connectivity index (χ1) is 7.19. The molecule has 1 aromatic carbocycles. The Morgan fingerprint density at radius 2 is 2.27 bits per heavy atom. The van der Waals surface area contributed by atoms with E-state index in [0.29, 0.717) is 10.6 Å². The van der Waals surface area contributed by atoms with Gasteiger partial charge < -0.3 is 10.5 Å². The molecule has 0 aliphatic carbocycles. The lowest BCUT2D eigenvalue weighted by Gasteiger charge is -2.01. The van der Waals surface area contributed by atoms with Gasteiger partial charge in [-0.15, -0.1) is 11.3 Å². The number of hydrogen-bond donors (Lipinski definition) is 1. The van der Waals surface area contributed by atoms with Crippen LogP contribution >= 0.6 is 27.3 Å². The Kier molecular flexibility index (Phi) is 2.55. The molecule has 1 aromatic heterocycles. The molecule has 2 aromatic rings. The molecule has 0 unspecified atom stereocenters. The highest BCUT2D eigenvalue weighted by Gasteiger charge is 2.15. The van der Waals surface area contributed by atoms with Gasteiger partial charge in [0.25, 0.3) is 0 Å². The van der Waals surface area contributed by atoms with Gasteiger partial charge in [0.15, 0.2) is 0 Å². The predicted octanol–water partition coefficient (Wildman–Crippen LogP) is 3.13. The Hall–Kier alpha value is -1.25. The van der Waals surface area contributed by atoms with E-state index in [1.165, 1.54) is 11.3 Å². The minimum atomic E-state index is 0.515. The second kappa shape index (κ2) is 3.72. The summed E-state index contributed by atoms with van der Waals surface area (Å²) in [6, 6.07) is 5.82. The fourth-order valence-corrected chi connectivity index (χ4v) is 3.13. The van der Waals surface area contributed by atoms with Gasteiger partial charge in [-0.1, -0.05) is 15.9 Å². The number of fused-ring (bicyclic) bond motifs is 1. The molecule has 76 valence electrons. The number of nitrogens with two attached hydrogens (primary N) is 1. The van der Waals surface area contributed by atoms with E-state index in [9.17, 15) is 0 Å². The number of methoxy groups -OCH3 is 1. The number of anilines is 1. The number of nitrogen functional groups attached to an aromatic ring is 1. The standard InChI is InChI=1S/C10H7BrN2OS/c1-14-7-3-2-6(11)8-5(4-12)10(13)15-9(7)8/h2-3H,13H2,1H3. The normalized spacial score (nSPS) is 10.2. The summed E-state index contributed by atoms with van der Waals surface area (Å²) in [6.45, 7) is 0. The summed E-state index contributed by atoms with van der Waals surface area (Å²) < 4.78 is 6.99. The lowest BCUT2D eigenvalue weighted by atomic mass is 10.2. The van der Waals surface area contributed by atoms with Crippen molar-refractivity contribution in [2.75, 3.05) is 12.8 Å². The van der Waals surface area contributed by atoms with Crippen molar-refractivity contribution in [1.82, 2.24) is 0 Å². The van der Waals surface area contributed by atoms with Gasteiger partial charge in [-0.25, -0.2) is 0 Å². The van der Waals surface area contributed by atoms with Crippen LogP contribution in [0.3, 0.4) is 0 Å². The second-order valence-corrected chi connectivity index (χ2v) is 4.81. The third-order valence-corrected chi connectivity index (χ3v) is 3.81. The van der Waals surface area contributed by atoms with Crippen LogP contribution in [0.1, 0.15) is 5.56 Å². The highest BCUT2D eigenvalue weighted by atomic mass is 79.9. The third kappa shape index (κ3) is 1.46. The smallest absolute Gasteiger partial charge is 0.136 e. The molecule has 5 heteroatoms. The summed E-state index contributed by atoms with van der Waals surface area (Å²) in [5.74, 6) is 0.742. The van der Waals surface area contributed by atoms with Crippen LogP contribution in [0.2, 0.25) is 0 Å². The molecule has 15 heavy (non-hydrogen) atoms. The van der Waals surface area contributed by atoms with E-state index < -0.39 is 0 Å². The predicted molar refractivity (Wildman–Crippen MR) is 65.2 cm³/mol. The fourth-order valence-electron chi connectivity index (χ4n) is 1.43. The molecule has 0 amide bonds. The zero-order chi connectivity index (χ0) is 11.0. The zero-order valence-corrected chi connectivity index (χ0v) is 10.3. The van der Waals surface area contributed by atoms with Crippen molar-refractivity contribution < 1.29 is 4.74 Å². The average molecular weight is 283 g/mol. The minimum Gasteiger partial charge on any atom is -0.495 e. The molecule has 1 heterocycles. The van der Waals surface area contributed by atoms with Crippen molar-refractivity contribution in [3.63, 3.8) is 0 Å². The molecule has 0 saturated carbocycles. The van der Waals surface area contributed by atoms with Crippen LogP contribution in [0.4, 0.5) is 5.00 Å². The van der Waals surface area contributed by atoms with E-state index in [0.717, 1.165) is 20.3 Å². The Balaban J connectivity index is 2.95. The van der Waals surface area contributed by atoms with Gasteiger partial charge in [-0.05, 0) is 12.1 Å². The molecular formula is C10H7BrN2OS. The van der Waals surface area contributed by atoms with Gasteiger partial charge in [0.05, 0.1) is 17.4 Å². The number of hydrogen-bond acceptors (Lipinski definition) is 4. The highest BCUT2D eigenvalue weighted by Crippen LogP contribution is 2.42. The maximum absolute atomic E-state index is 9.01. The first kappa shape index (κ1) is 10.3. The summed E-state index contributed by atoms with van der Waals surface area (Å²) in [4.78, 5) is 0.